The molecule has 0 aromatic carbocycles. The lowest BCUT2D eigenvalue weighted by molar-refractivity contribution is -0.139. The zero-order valence-corrected chi connectivity index (χ0v) is 12.8. The van der Waals surface area contributed by atoms with Gasteiger partial charge in [-0.25, -0.2) is 9.59 Å². The van der Waals surface area contributed by atoms with Crippen LogP contribution in [-0.4, -0.2) is 41.1 Å². The van der Waals surface area contributed by atoms with E-state index in [0.29, 0.717) is 31.3 Å². The normalized spacial score (nSPS) is 12.6. The number of carboxylic acids is 1. The summed E-state index contributed by atoms with van der Waals surface area (Å²) in [5, 5.41) is 11.7. The molecule has 2 amide bonds. The Morgan fingerprint density at radius 1 is 1.11 bits per heavy atom. The first-order valence-electron chi connectivity index (χ1n) is 7.06. The number of carboxylic acid groups (broad SMARTS) is 1. The fourth-order valence-electron chi connectivity index (χ4n) is 1.91. The molecule has 0 rings (SSSR count). The first-order chi connectivity index (χ1) is 8.77. The average molecular weight is 272 g/mol. The highest BCUT2D eigenvalue weighted by Gasteiger charge is 2.23. The van der Waals surface area contributed by atoms with Crippen LogP contribution >= 0.6 is 0 Å². The van der Waals surface area contributed by atoms with Gasteiger partial charge in [0.15, 0.2) is 0 Å². The summed E-state index contributed by atoms with van der Waals surface area (Å²) in [6, 6.07) is -1.07. The standard InChI is InChI=1S/C14H28N2O3/c1-6-7-12(13(17)18)15-14(19)16(8-10(2)3)9-11(4)5/h10-12H,6-9H2,1-5H3,(H,15,19)(H,17,18). The summed E-state index contributed by atoms with van der Waals surface area (Å²) in [7, 11) is 0. The predicted molar refractivity (Wildman–Crippen MR) is 76.1 cm³/mol. The molecule has 0 aromatic heterocycles. The topological polar surface area (TPSA) is 69.6 Å². The Balaban J connectivity index is 4.63. The first kappa shape index (κ1) is 17.7. The number of carbonyl (C=O) groups is 2. The van der Waals surface area contributed by atoms with Gasteiger partial charge in [0.05, 0.1) is 0 Å². The van der Waals surface area contributed by atoms with Crippen molar-refractivity contribution in [2.45, 2.75) is 53.5 Å². The van der Waals surface area contributed by atoms with Gasteiger partial charge in [-0.3, -0.25) is 0 Å². The molecule has 0 aromatic rings. The molecule has 0 aliphatic heterocycles. The average Bonchev–Trinajstić information content (AvgIpc) is 2.25. The maximum absolute atomic E-state index is 12.2. The monoisotopic (exact) mass is 272 g/mol. The van der Waals surface area contributed by atoms with Crippen LogP contribution in [-0.2, 0) is 4.79 Å². The van der Waals surface area contributed by atoms with E-state index in [0.717, 1.165) is 6.42 Å². The van der Waals surface area contributed by atoms with Crippen LogP contribution in [0, 0.1) is 11.8 Å². The number of carbonyl (C=O) groups excluding carboxylic acids is 1. The molecule has 0 radical (unpaired) electrons. The van der Waals surface area contributed by atoms with Crippen molar-refractivity contribution in [3.8, 4) is 0 Å². The van der Waals surface area contributed by atoms with Crippen LogP contribution in [0.2, 0.25) is 0 Å². The van der Waals surface area contributed by atoms with E-state index in [1.165, 1.54) is 0 Å². The second-order valence-electron chi connectivity index (χ2n) is 5.82. The minimum atomic E-state index is -0.968. The number of hydrogen-bond donors (Lipinski definition) is 2. The van der Waals surface area contributed by atoms with E-state index >= 15 is 0 Å². The number of rotatable bonds is 8. The third-order valence-corrected chi connectivity index (χ3v) is 2.63. The van der Waals surface area contributed by atoms with Gasteiger partial charge in [-0.15, -0.1) is 0 Å². The maximum Gasteiger partial charge on any atom is 0.326 e. The molecule has 0 saturated carbocycles. The van der Waals surface area contributed by atoms with Crippen molar-refractivity contribution >= 4 is 12.0 Å². The molecule has 1 unspecified atom stereocenters. The van der Waals surface area contributed by atoms with Gasteiger partial charge >= 0.3 is 12.0 Å². The fraction of sp³-hybridized carbons (Fsp3) is 0.857. The van der Waals surface area contributed by atoms with Crippen molar-refractivity contribution in [3.63, 3.8) is 0 Å². The van der Waals surface area contributed by atoms with E-state index in [4.69, 9.17) is 5.11 Å². The van der Waals surface area contributed by atoms with Gasteiger partial charge < -0.3 is 15.3 Å². The molecule has 0 bridgehead atoms. The van der Waals surface area contributed by atoms with Gasteiger partial charge in [0.25, 0.3) is 0 Å². The van der Waals surface area contributed by atoms with Crippen molar-refractivity contribution in [2.24, 2.45) is 11.8 Å². The highest BCUT2D eigenvalue weighted by Crippen LogP contribution is 2.06. The Bertz CT molecular complexity index is 280. The molecule has 19 heavy (non-hydrogen) atoms. The number of nitrogens with one attached hydrogen (secondary N) is 1. The molecular weight excluding hydrogens is 244 g/mol. The molecule has 1 atom stereocenters. The van der Waals surface area contributed by atoms with E-state index in [9.17, 15) is 9.59 Å². The Morgan fingerprint density at radius 2 is 1.58 bits per heavy atom. The molecular formula is C14H28N2O3. The second-order valence-corrected chi connectivity index (χ2v) is 5.82. The van der Waals surface area contributed by atoms with Gasteiger partial charge in [0, 0.05) is 13.1 Å². The minimum absolute atomic E-state index is 0.275. The van der Waals surface area contributed by atoms with E-state index in [1.807, 2.05) is 34.6 Å². The molecule has 5 heteroatoms. The summed E-state index contributed by atoms with van der Waals surface area (Å²) in [4.78, 5) is 24.9. The summed E-state index contributed by atoms with van der Waals surface area (Å²) in [5.74, 6) is -0.248. The number of nitrogens with zero attached hydrogens (tertiary/aromatic N) is 1. The lowest BCUT2D eigenvalue weighted by Crippen LogP contribution is -2.49. The highest BCUT2D eigenvalue weighted by atomic mass is 16.4. The number of amides is 2. The van der Waals surface area contributed by atoms with Gasteiger partial charge in [0.2, 0.25) is 0 Å². The van der Waals surface area contributed by atoms with Crippen LogP contribution in [0.5, 0.6) is 0 Å². The molecule has 0 aliphatic carbocycles. The Morgan fingerprint density at radius 3 is 1.89 bits per heavy atom. The van der Waals surface area contributed by atoms with E-state index in [1.54, 1.807) is 4.90 Å². The van der Waals surface area contributed by atoms with Gasteiger partial charge in [-0.05, 0) is 18.3 Å². The molecule has 0 fully saturated rings. The van der Waals surface area contributed by atoms with Crippen molar-refractivity contribution in [1.29, 1.82) is 0 Å². The van der Waals surface area contributed by atoms with E-state index in [2.05, 4.69) is 5.32 Å². The van der Waals surface area contributed by atoms with Crippen molar-refractivity contribution in [2.75, 3.05) is 13.1 Å². The largest absolute Gasteiger partial charge is 0.480 e. The minimum Gasteiger partial charge on any atom is -0.480 e. The Kier molecular flexibility index (Phi) is 8.19. The van der Waals surface area contributed by atoms with Crippen LogP contribution < -0.4 is 5.32 Å². The molecule has 0 heterocycles. The van der Waals surface area contributed by atoms with Gasteiger partial charge in [0.1, 0.15) is 6.04 Å². The van der Waals surface area contributed by atoms with Crippen molar-refractivity contribution < 1.29 is 14.7 Å². The third kappa shape index (κ3) is 7.70. The van der Waals surface area contributed by atoms with E-state index in [-0.39, 0.29) is 6.03 Å². The SMILES string of the molecule is CCCC(NC(=O)N(CC(C)C)CC(C)C)C(=O)O. The van der Waals surface area contributed by atoms with Crippen LogP contribution in [0.1, 0.15) is 47.5 Å². The maximum atomic E-state index is 12.2. The van der Waals surface area contributed by atoms with Gasteiger partial charge in [-0.2, -0.15) is 0 Å². The van der Waals surface area contributed by atoms with Crippen molar-refractivity contribution in [1.82, 2.24) is 10.2 Å². The number of aliphatic carboxylic acids is 1. The third-order valence-electron chi connectivity index (χ3n) is 2.63. The summed E-state index contributed by atoms with van der Waals surface area (Å²) < 4.78 is 0. The van der Waals surface area contributed by atoms with Crippen LogP contribution in [0.25, 0.3) is 0 Å². The quantitative estimate of drug-likeness (QED) is 0.713. The molecule has 5 nitrogen and oxygen atoms in total. The molecule has 112 valence electrons. The second kappa shape index (κ2) is 8.77. The fourth-order valence-corrected chi connectivity index (χ4v) is 1.91. The smallest absolute Gasteiger partial charge is 0.326 e. The summed E-state index contributed by atoms with van der Waals surface area (Å²) in [6.45, 7) is 11.4. The van der Waals surface area contributed by atoms with Gasteiger partial charge in [-0.1, -0.05) is 41.0 Å². The highest BCUT2D eigenvalue weighted by molar-refractivity contribution is 5.82. The summed E-state index contributed by atoms with van der Waals surface area (Å²) >= 11 is 0. The lowest BCUT2D eigenvalue weighted by atomic mass is 10.1. The Labute approximate surface area is 116 Å². The zero-order chi connectivity index (χ0) is 15.0. The molecule has 0 aliphatic rings. The van der Waals surface area contributed by atoms with Crippen LogP contribution in [0.15, 0.2) is 0 Å². The molecule has 0 saturated heterocycles. The summed E-state index contributed by atoms with van der Waals surface area (Å²) in [6.07, 6.45) is 1.18. The summed E-state index contributed by atoms with van der Waals surface area (Å²) in [5.41, 5.74) is 0. The molecule has 2 N–H and O–H groups in total. The van der Waals surface area contributed by atoms with Crippen LogP contribution in [0.3, 0.4) is 0 Å². The number of urea groups is 1. The zero-order valence-electron chi connectivity index (χ0n) is 12.8. The van der Waals surface area contributed by atoms with E-state index < -0.39 is 12.0 Å². The predicted octanol–water partition coefficient (Wildman–Crippen LogP) is 2.56. The lowest BCUT2D eigenvalue weighted by Gasteiger charge is -2.28. The van der Waals surface area contributed by atoms with Crippen LogP contribution in [0.4, 0.5) is 4.79 Å². The first-order valence-corrected chi connectivity index (χ1v) is 7.06. The van der Waals surface area contributed by atoms with Crippen molar-refractivity contribution in [3.05, 3.63) is 0 Å². The number of hydrogen-bond acceptors (Lipinski definition) is 2. The Hall–Kier alpha value is -1.26. The molecule has 0 spiro atoms.